The van der Waals surface area contributed by atoms with Gasteiger partial charge in [0.05, 0.1) is 16.9 Å². The molecule has 1 aliphatic rings. The molecule has 37 heavy (non-hydrogen) atoms. The highest BCUT2D eigenvalue weighted by atomic mass is 16.5. The molecular weight excluding hydrogens is 468 g/mol. The van der Waals surface area contributed by atoms with Crippen molar-refractivity contribution in [2.75, 3.05) is 10.6 Å². The summed E-state index contributed by atoms with van der Waals surface area (Å²) in [7, 11) is 1.76. The maximum atomic E-state index is 13.1. The molecule has 1 aromatic heterocycles. The summed E-state index contributed by atoms with van der Waals surface area (Å²) >= 11 is 0. The minimum atomic E-state index is -0.450. The minimum absolute atomic E-state index is 0.0103. The lowest BCUT2D eigenvalue weighted by Gasteiger charge is -2.11. The zero-order chi connectivity index (χ0) is 26.3. The van der Waals surface area contributed by atoms with E-state index in [1.165, 1.54) is 4.68 Å². The topological polar surface area (TPSA) is 94.4 Å². The van der Waals surface area contributed by atoms with Gasteiger partial charge in [-0.05, 0) is 50.2 Å². The van der Waals surface area contributed by atoms with Crippen LogP contribution in [-0.4, -0.2) is 27.3 Å². The average Bonchev–Trinajstić information content (AvgIpc) is 3.31. The highest BCUT2D eigenvalue weighted by molar-refractivity contribution is 6.08. The van der Waals surface area contributed by atoms with Crippen LogP contribution in [0.1, 0.15) is 51.7 Å². The molecule has 0 spiro atoms. The van der Waals surface area contributed by atoms with E-state index in [1.807, 2.05) is 49.4 Å². The molecule has 2 N–H and O–H groups in total. The zero-order valence-electron chi connectivity index (χ0n) is 21.1. The lowest BCUT2D eigenvalue weighted by molar-refractivity contribution is 0.101. The number of nitrogens with one attached hydrogen (secondary N) is 2. The summed E-state index contributed by atoms with van der Waals surface area (Å²) in [5.74, 6) is 0.0277. The van der Waals surface area contributed by atoms with Crippen LogP contribution >= 0.6 is 0 Å². The van der Waals surface area contributed by atoms with Crippen molar-refractivity contribution in [2.45, 2.75) is 32.8 Å². The molecule has 8 nitrogen and oxygen atoms in total. The Morgan fingerprint density at radius 1 is 0.892 bits per heavy atom. The Bertz CT molecular complexity index is 1570. The molecule has 3 aromatic carbocycles. The van der Waals surface area contributed by atoms with Crippen molar-refractivity contribution in [3.8, 4) is 11.4 Å². The molecular formula is C29H28N4O4. The van der Waals surface area contributed by atoms with Crippen LogP contribution in [0.15, 0.2) is 77.6 Å². The summed E-state index contributed by atoms with van der Waals surface area (Å²) in [6, 6.07) is 21.4. The van der Waals surface area contributed by atoms with Crippen LogP contribution in [0.5, 0.6) is 5.75 Å². The van der Waals surface area contributed by atoms with E-state index in [0.717, 1.165) is 5.56 Å². The first-order valence-electron chi connectivity index (χ1n) is 12.1. The van der Waals surface area contributed by atoms with Gasteiger partial charge in [0.25, 0.3) is 17.4 Å². The quantitative estimate of drug-likeness (QED) is 0.412. The van der Waals surface area contributed by atoms with Crippen LogP contribution in [0, 0.1) is 6.92 Å². The SMILES string of the molecule is Cc1c(NC(=O)c2cccc(NC(=O)c3cccc4c3OC(C)C4C)c2)c(=O)n(-c2ccccc2)n1C. The monoisotopic (exact) mass is 496 g/mol. The van der Waals surface area contributed by atoms with Crippen LogP contribution in [0.25, 0.3) is 5.69 Å². The van der Waals surface area contributed by atoms with Gasteiger partial charge in [-0.3, -0.25) is 19.1 Å². The van der Waals surface area contributed by atoms with Gasteiger partial charge in [0.1, 0.15) is 17.5 Å². The molecule has 188 valence electrons. The molecule has 0 aliphatic carbocycles. The van der Waals surface area contributed by atoms with E-state index in [-0.39, 0.29) is 29.2 Å². The van der Waals surface area contributed by atoms with Crippen molar-refractivity contribution >= 4 is 23.2 Å². The number of hydrogen-bond donors (Lipinski definition) is 2. The third-order valence-electron chi connectivity index (χ3n) is 6.96. The van der Waals surface area contributed by atoms with Crippen LogP contribution < -0.4 is 20.9 Å². The second-order valence-corrected chi connectivity index (χ2v) is 9.26. The summed E-state index contributed by atoms with van der Waals surface area (Å²) in [5, 5.41) is 5.62. The summed E-state index contributed by atoms with van der Waals surface area (Å²) in [6.07, 6.45) is -0.0103. The molecule has 4 aromatic rings. The maximum Gasteiger partial charge on any atom is 0.295 e. The number of nitrogens with zero attached hydrogens (tertiary/aromatic N) is 2. The smallest absolute Gasteiger partial charge is 0.295 e. The Morgan fingerprint density at radius 2 is 1.62 bits per heavy atom. The lowest BCUT2D eigenvalue weighted by atomic mass is 9.97. The van der Waals surface area contributed by atoms with Gasteiger partial charge in [0, 0.05) is 29.8 Å². The van der Waals surface area contributed by atoms with Crippen LogP contribution in [-0.2, 0) is 7.05 Å². The van der Waals surface area contributed by atoms with Gasteiger partial charge >= 0.3 is 0 Å². The van der Waals surface area contributed by atoms with Gasteiger partial charge in [-0.1, -0.05) is 43.3 Å². The number of benzene rings is 3. The van der Waals surface area contributed by atoms with Crippen molar-refractivity contribution in [1.29, 1.82) is 0 Å². The lowest BCUT2D eigenvalue weighted by Crippen LogP contribution is -2.23. The van der Waals surface area contributed by atoms with Gasteiger partial charge < -0.3 is 15.4 Å². The van der Waals surface area contributed by atoms with Crippen LogP contribution in [0.4, 0.5) is 11.4 Å². The summed E-state index contributed by atoms with van der Waals surface area (Å²) < 4.78 is 9.15. The number of fused-ring (bicyclic) bond motifs is 1. The molecule has 2 atom stereocenters. The molecule has 2 unspecified atom stereocenters. The number of anilines is 2. The molecule has 2 heterocycles. The largest absolute Gasteiger partial charge is 0.489 e. The number of amides is 2. The molecule has 1 aliphatic heterocycles. The Hall–Kier alpha value is -4.59. The number of hydrogen-bond acceptors (Lipinski definition) is 4. The summed E-state index contributed by atoms with van der Waals surface area (Å²) in [6.45, 7) is 5.83. The molecule has 0 bridgehead atoms. The van der Waals surface area contributed by atoms with Gasteiger partial charge in [-0.25, -0.2) is 4.68 Å². The number of para-hydroxylation sites is 2. The highest BCUT2D eigenvalue weighted by Crippen LogP contribution is 2.40. The third kappa shape index (κ3) is 4.31. The van der Waals surface area contributed by atoms with Crippen molar-refractivity contribution < 1.29 is 14.3 Å². The average molecular weight is 497 g/mol. The van der Waals surface area contributed by atoms with Crippen molar-refractivity contribution in [2.24, 2.45) is 7.05 Å². The van der Waals surface area contributed by atoms with Gasteiger partial charge in [-0.2, -0.15) is 0 Å². The molecule has 0 radical (unpaired) electrons. The van der Waals surface area contributed by atoms with E-state index in [1.54, 1.807) is 49.0 Å². The van der Waals surface area contributed by atoms with Crippen molar-refractivity contribution in [3.63, 3.8) is 0 Å². The molecule has 5 rings (SSSR count). The molecule has 0 saturated carbocycles. The first kappa shape index (κ1) is 24.1. The van der Waals surface area contributed by atoms with Gasteiger partial charge in [-0.15, -0.1) is 0 Å². The number of rotatable bonds is 5. The molecule has 2 amide bonds. The fourth-order valence-electron chi connectivity index (χ4n) is 4.60. The van der Waals surface area contributed by atoms with Crippen molar-refractivity contribution in [1.82, 2.24) is 9.36 Å². The zero-order valence-corrected chi connectivity index (χ0v) is 21.1. The first-order valence-corrected chi connectivity index (χ1v) is 12.1. The number of carbonyl (C=O) groups is 2. The van der Waals surface area contributed by atoms with E-state index in [0.29, 0.717) is 33.9 Å². The Morgan fingerprint density at radius 3 is 2.38 bits per heavy atom. The number of aromatic nitrogens is 2. The van der Waals surface area contributed by atoms with E-state index in [9.17, 15) is 14.4 Å². The second kappa shape index (κ2) is 9.46. The number of carbonyl (C=O) groups excluding carboxylic acids is 2. The van der Waals surface area contributed by atoms with E-state index in [2.05, 4.69) is 17.6 Å². The summed E-state index contributed by atoms with van der Waals surface area (Å²) in [4.78, 5) is 39.3. The van der Waals surface area contributed by atoms with Gasteiger partial charge in [0.15, 0.2) is 0 Å². The van der Waals surface area contributed by atoms with Crippen LogP contribution in [0.3, 0.4) is 0 Å². The molecule has 8 heteroatoms. The fraction of sp³-hybridized carbons (Fsp3) is 0.207. The Balaban J connectivity index is 1.37. The first-order chi connectivity index (χ1) is 17.8. The Labute approximate surface area is 214 Å². The minimum Gasteiger partial charge on any atom is -0.489 e. The predicted molar refractivity (Wildman–Crippen MR) is 143 cm³/mol. The third-order valence-corrected chi connectivity index (χ3v) is 6.96. The predicted octanol–water partition coefficient (Wildman–Crippen LogP) is 4.87. The number of ether oxygens (including phenoxy) is 1. The Kier molecular flexibility index (Phi) is 6.17. The fourth-order valence-corrected chi connectivity index (χ4v) is 4.60. The normalized spacial score (nSPS) is 16.1. The standard InChI is InChI=1S/C29H28N4O4/c1-17-19(3)37-26-23(17)14-9-15-24(26)28(35)30-21-11-8-10-20(16-21)27(34)31-25-18(2)32(4)33(29(25)36)22-12-6-5-7-13-22/h5-17,19H,1-4H3,(H,30,35)(H,31,34). The second-order valence-electron chi connectivity index (χ2n) is 9.26. The van der Waals surface area contributed by atoms with Crippen LogP contribution in [0.2, 0.25) is 0 Å². The van der Waals surface area contributed by atoms with E-state index in [4.69, 9.17) is 4.74 Å². The highest BCUT2D eigenvalue weighted by Gasteiger charge is 2.31. The maximum absolute atomic E-state index is 13.1. The van der Waals surface area contributed by atoms with Crippen molar-refractivity contribution in [3.05, 3.63) is 106 Å². The summed E-state index contributed by atoms with van der Waals surface area (Å²) in [5.41, 5.74) is 3.41. The molecule has 0 saturated heterocycles. The van der Waals surface area contributed by atoms with E-state index < -0.39 is 5.91 Å². The van der Waals surface area contributed by atoms with Gasteiger partial charge in [0.2, 0.25) is 0 Å². The molecule has 0 fully saturated rings. The van der Waals surface area contributed by atoms with E-state index >= 15 is 0 Å².